The maximum atomic E-state index is 11.1. The summed E-state index contributed by atoms with van der Waals surface area (Å²) in [5, 5.41) is 21.5. The van der Waals surface area contributed by atoms with Gasteiger partial charge in [0.2, 0.25) is 0 Å². The Hall–Kier alpha value is -1.07. The minimum absolute atomic E-state index is 0.0421. The molecule has 114 valence electrons. The van der Waals surface area contributed by atoms with Crippen LogP contribution < -0.4 is 9.78 Å². The van der Waals surface area contributed by atoms with Gasteiger partial charge >= 0.3 is 129 Å². The molecule has 5 nitrogen and oxygen atoms in total. The van der Waals surface area contributed by atoms with Crippen LogP contribution >= 0.6 is 0 Å². The Labute approximate surface area is 129 Å². The van der Waals surface area contributed by atoms with Crippen LogP contribution in [0.5, 0.6) is 0 Å². The predicted molar refractivity (Wildman–Crippen MR) is 79.0 cm³/mol. The van der Waals surface area contributed by atoms with E-state index in [-0.39, 0.29) is 43.9 Å². The Bertz CT molecular complexity index is 512. The van der Waals surface area contributed by atoms with Gasteiger partial charge < -0.3 is 0 Å². The zero-order valence-electron chi connectivity index (χ0n) is 11.6. The second kappa shape index (κ2) is 5.97. The van der Waals surface area contributed by atoms with Crippen molar-refractivity contribution in [1.29, 1.82) is 0 Å². The van der Waals surface area contributed by atoms with Crippen molar-refractivity contribution >= 4 is 25.5 Å². The van der Waals surface area contributed by atoms with Crippen molar-refractivity contribution in [2.24, 2.45) is 5.41 Å². The third kappa shape index (κ3) is 2.81. The molecule has 1 aromatic rings. The van der Waals surface area contributed by atoms with E-state index in [0.29, 0.717) is 13.0 Å². The molecule has 0 bridgehead atoms. The normalized spacial score (nSPS) is 34.6. The Morgan fingerprint density at radius 3 is 2.86 bits per heavy atom. The number of carboxylic acid groups (broad SMARTS) is 1. The second-order valence-corrected chi connectivity index (χ2v) is 8.34. The molecule has 1 saturated heterocycles. The molecule has 6 heteroatoms. The third-order valence-electron chi connectivity index (χ3n) is 4.46. The SMILES string of the molecule is O=C(O)N[C@H]1C[C@]2(CO)CCO[C@@H]2[C@H]1[Se]c1ccccc1. The molecule has 1 aliphatic carbocycles. The number of ether oxygens (including phenoxy) is 1. The molecule has 2 fully saturated rings. The first-order valence-corrected chi connectivity index (χ1v) is 8.93. The van der Waals surface area contributed by atoms with E-state index in [0.717, 1.165) is 6.42 Å². The number of hydrogen-bond donors (Lipinski definition) is 3. The molecule has 0 spiro atoms. The summed E-state index contributed by atoms with van der Waals surface area (Å²) < 4.78 is 7.12. The number of carbonyl (C=O) groups is 1. The molecule has 0 unspecified atom stereocenters. The number of hydrogen-bond acceptors (Lipinski definition) is 3. The van der Waals surface area contributed by atoms with Crippen LogP contribution in [-0.4, -0.2) is 56.6 Å². The van der Waals surface area contributed by atoms with Crippen molar-refractivity contribution in [1.82, 2.24) is 5.32 Å². The van der Waals surface area contributed by atoms with E-state index in [1.54, 1.807) is 0 Å². The van der Waals surface area contributed by atoms with Crippen LogP contribution in [0.15, 0.2) is 30.3 Å². The van der Waals surface area contributed by atoms with Gasteiger partial charge in [-0.2, -0.15) is 0 Å². The van der Waals surface area contributed by atoms with Crippen LogP contribution in [-0.2, 0) is 4.74 Å². The van der Waals surface area contributed by atoms with E-state index in [1.165, 1.54) is 4.46 Å². The standard InChI is InChI=1S/C15H19NO4Se/c17-9-15-6-7-20-13(15)12(11(8-15)16-14(18)19)21-10-4-2-1-3-5-10/h1-5,11-13,16-17H,6-9H2,(H,18,19)/t11-,12-,13+,15-/m0/s1. The average molecular weight is 356 g/mol. The summed E-state index contributed by atoms with van der Waals surface area (Å²) in [7, 11) is 0. The Morgan fingerprint density at radius 2 is 2.19 bits per heavy atom. The van der Waals surface area contributed by atoms with Gasteiger partial charge in [-0.05, 0) is 0 Å². The molecule has 3 rings (SSSR count). The van der Waals surface area contributed by atoms with E-state index in [1.807, 2.05) is 18.2 Å². The van der Waals surface area contributed by atoms with Crippen molar-refractivity contribution < 1.29 is 19.7 Å². The van der Waals surface area contributed by atoms with Gasteiger partial charge in [-0.1, -0.05) is 0 Å². The summed E-state index contributed by atoms with van der Waals surface area (Å²) in [6, 6.07) is 9.99. The zero-order chi connectivity index (χ0) is 14.9. The second-order valence-electron chi connectivity index (χ2n) is 5.72. The first kappa shape index (κ1) is 14.8. The van der Waals surface area contributed by atoms with Gasteiger partial charge in [-0.25, -0.2) is 0 Å². The molecule has 0 aromatic heterocycles. The van der Waals surface area contributed by atoms with Gasteiger partial charge in [0, 0.05) is 0 Å². The van der Waals surface area contributed by atoms with Crippen molar-refractivity contribution in [3.8, 4) is 0 Å². The van der Waals surface area contributed by atoms with E-state index in [4.69, 9.17) is 9.84 Å². The van der Waals surface area contributed by atoms with E-state index in [2.05, 4.69) is 17.4 Å². The van der Waals surface area contributed by atoms with Crippen LogP contribution in [0.25, 0.3) is 0 Å². The number of fused-ring (bicyclic) bond motifs is 1. The summed E-state index contributed by atoms with van der Waals surface area (Å²) in [5.41, 5.74) is -0.270. The molecule has 3 N–H and O–H groups in total. The number of rotatable bonds is 4. The quantitative estimate of drug-likeness (QED) is 0.691. The molecule has 1 heterocycles. The third-order valence-corrected chi connectivity index (χ3v) is 7.38. The van der Waals surface area contributed by atoms with Gasteiger partial charge in [0.05, 0.1) is 0 Å². The molecule has 4 atom stereocenters. The van der Waals surface area contributed by atoms with Gasteiger partial charge in [-0.15, -0.1) is 0 Å². The average Bonchev–Trinajstić information content (AvgIpc) is 2.99. The van der Waals surface area contributed by atoms with Crippen LogP contribution in [0.2, 0.25) is 4.82 Å². The summed E-state index contributed by atoms with van der Waals surface area (Å²) in [5.74, 6) is 0. The van der Waals surface area contributed by atoms with E-state index < -0.39 is 6.09 Å². The van der Waals surface area contributed by atoms with Crippen molar-refractivity contribution in [2.45, 2.75) is 29.8 Å². The van der Waals surface area contributed by atoms with Crippen LogP contribution in [0.4, 0.5) is 4.79 Å². The molecule has 1 saturated carbocycles. The molecular weight excluding hydrogens is 337 g/mol. The van der Waals surface area contributed by atoms with Crippen molar-refractivity contribution in [3.63, 3.8) is 0 Å². The molecule has 21 heavy (non-hydrogen) atoms. The van der Waals surface area contributed by atoms with Gasteiger partial charge in [0.15, 0.2) is 0 Å². The van der Waals surface area contributed by atoms with Gasteiger partial charge in [0.1, 0.15) is 0 Å². The maximum absolute atomic E-state index is 11.1. The number of aliphatic hydroxyl groups excluding tert-OH is 1. The molecule has 0 radical (unpaired) electrons. The number of aliphatic hydroxyl groups is 1. The molecule has 2 aliphatic rings. The Kier molecular flexibility index (Phi) is 4.22. The van der Waals surface area contributed by atoms with Crippen LogP contribution in [0.1, 0.15) is 12.8 Å². The molecular formula is C15H19NO4Se. The number of benzene rings is 1. The first-order valence-electron chi connectivity index (χ1n) is 7.08. The monoisotopic (exact) mass is 357 g/mol. The fourth-order valence-corrected chi connectivity index (χ4v) is 6.50. The summed E-state index contributed by atoms with van der Waals surface area (Å²) in [4.78, 5) is 11.2. The summed E-state index contributed by atoms with van der Waals surface area (Å²) in [6.07, 6.45) is 0.439. The zero-order valence-corrected chi connectivity index (χ0v) is 13.3. The number of nitrogens with one attached hydrogen (secondary N) is 1. The van der Waals surface area contributed by atoms with Gasteiger partial charge in [-0.3, -0.25) is 0 Å². The number of amides is 1. The minimum atomic E-state index is -0.998. The van der Waals surface area contributed by atoms with Crippen molar-refractivity contribution in [2.75, 3.05) is 13.2 Å². The van der Waals surface area contributed by atoms with E-state index >= 15 is 0 Å². The topological polar surface area (TPSA) is 78.8 Å². The first-order chi connectivity index (χ1) is 10.1. The van der Waals surface area contributed by atoms with E-state index in [9.17, 15) is 9.90 Å². The van der Waals surface area contributed by atoms with Crippen molar-refractivity contribution in [3.05, 3.63) is 30.3 Å². The van der Waals surface area contributed by atoms with Crippen LogP contribution in [0, 0.1) is 5.41 Å². The van der Waals surface area contributed by atoms with Crippen LogP contribution in [0.3, 0.4) is 0 Å². The summed E-state index contributed by atoms with van der Waals surface area (Å²) in [6.45, 7) is 0.725. The fraction of sp³-hybridized carbons (Fsp3) is 0.533. The molecule has 1 aliphatic heterocycles. The molecule has 1 amide bonds. The van der Waals surface area contributed by atoms with Gasteiger partial charge in [0.25, 0.3) is 0 Å². The Morgan fingerprint density at radius 1 is 1.43 bits per heavy atom. The summed E-state index contributed by atoms with van der Waals surface area (Å²) >= 11 is 0.111. The molecule has 1 aromatic carbocycles. The Balaban J connectivity index is 1.84. The predicted octanol–water partition coefficient (Wildman–Crippen LogP) is 0.612. The fourth-order valence-electron chi connectivity index (χ4n) is 3.46.